The lowest BCUT2D eigenvalue weighted by Gasteiger charge is -1.98. The van der Waals surface area contributed by atoms with E-state index in [9.17, 15) is 13.2 Å². The van der Waals surface area contributed by atoms with Crippen molar-refractivity contribution in [3.63, 3.8) is 0 Å². The van der Waals surface area contributed by atoms with E-state index in [1.54, 1.807) is 12.1 Å². The third-order valence-corrected chi connectivity index (χ3v) is 4.87. The number of hydrogen-bond acceptors (Lipinski definition) is 7. The number of nitrogens with zero attached hydrogens (tertiary/aromatic N) is 3. The summed E-state index contributed by atoms with van der Waals surface area (Å²) in [6.45, 7) is 0. The number of fused-ring (bicyclic) bond motifs is 1. The number of hydrogen-bond donors (Lipinski definition) is 1. The molecule has 0 aliphatic heterocycles. The van der Waals surface area contributed by atoms with Crippen LogP contribution in [0.25, 0.3) is 10.2 Å². The number of carbonyl (C=O) groups is 1. The lowest BCUT2D eigenvalue weighted by Crippen LogP contribution is -2.13. The topological polar surface area (TPSA) is 102 Å². The smallest absolute Gasteiger partial charge is 0.276 e. The molecule has 0 aliphatic carbocycles. The molecule has 112 valence electrons. The highest BCUT2D eigenvalue weighted by Gasteiger charge is 2.13. The first-order chi connectivity index (χ1) is 10.4. The van der Waals surface area contributed by atoms with Crippen LogP contribution in [0, 0.1) is 0 Å². The minimum Gasteiger partial charge on any atom is -0.296 e. The first kappa shape index (κ1) is 14.5. The zero-order valence-corrected chi connectivity index (χ0v) is 13.0. The van der Waals surface area contributed by atoms with Gasteiger partial charge in [-0.3, -0.25) is 10.1 Å². The molecule has 0 unspecified atom stereocenters. The van der Waals surface area contributed by atoms with E-state index < -0.39 is 15.7 Å². The van der Waals surface area contributed by atoms with Crippen LogP contribution in [0.5, 0.6) is 0 Å². The van der Waals surface area contributed by atoms with Crippen LogP contribution >= 0.6 is 11.3 Å². The number of rotatable bonds is 3. The highest BCUT2D eigenvalue weighted by Crippen LogP contribution is 2.28. The van der Waals surface area contributed by atoms with Gasteiger partial charge in [0.2, 0.25) is 0 Å². The van der Waals surface area contributed by atoms with Gasteiger partial charge in [-0.2, -0.15) is 0 Å². The number of thiazole rings is 1. The van der Waals surface area contributed by atoms with E-state index in [1.165, 1.54) is 36.0 Å². The second-order valence-corrected chi connectivity index (χ2v) is 7.52. The zero-order chi connectivity index (χ0) is 15.7. The predicted octanol–water partition coefficient (Wildman–Crippen LogP) is 1.74. The Balaban J connectivity index is 1.91. The molecule has 9 heteroatoms. The molecule has 1 amide bonds. The Kier molecular flexibility index (Phi) is 3.59. The van der Waals surface area contributed by atoms with Crippen LogP contribution in [0.1, 0.15) is 10.5 Å². The second-order valence-electron chi connectivity index (χ2n) is 4.47. The summed E-state index contributed by atoms with van der Waals surface area (Å²) in [6.07, 6.45) is 3.90. The van der Waals surface area contributed by atoms with Gasteiger partial charge in [0, 0.05) is 12.5 Å². The Morgan fingerprint density at radius 3 is 2.77 bits per heavy atom. The number of anilines is 1. The monoisotopic (exact) mass is 334 g/mol. The van der Waals surface area contributed by atoms with E-state index in [-0.39, 0.29) is 10.6 Å². The Morgan fingerprint density at radius 1 is 1.27 bits per heavy atom. The lowest BCUT2D eigenvalue weighted by molar-refractivity contribution is 0.102. The molecule has 0 atom stereocenters. The van der Waals surface area contributed by atoms with Gasteiger partial charge < -0.3 is 0 Å². The zero-order valence-electron chi connectivity index (χ0n) is 11.3. The number of benzene rings is 1. The molecule has 0 saturated heterocycles. The summed E-state index contributed by atoms with van der Waals surface area (Å²) < 4.78 is 23.8. The standard InChI is InChI=1S/C13H10N4O3S2/c1-22(19,20)8-2-3-9-11(6-8)21-13(16-9)17-12(18)10-4-5-14-7-15-10/h2-7H,1H3,(H,16,17,18). The number of nitrogens with one attached hydrogen (secondary N) is 1. The maximum absolute atomic E-state index is 12.0. The summed E-state index contributed by atoms with van der Waals surface area (Å²) in [7, 11) is -3.28. The van der Waals surface area contributed by atoms with Crippen LogP contribution in [0.15, 0.2) is 41.7 Å². The van der Waals surface area contributed by atoms with Crippen LogP contribution in [-0.2, 0) is 9.84 Å². The minimum absolute atomic E-state index is 0.220. The van der Waals surface area contributed by atoms with Crippen molar-refractivity contribution in [2.75, 3.05) is 11.6 Å². The highest BCUT2D eigenvalue weighted by atomic mass is 32.2. The van der Waals surface area contributed by atoms with Crippen molar-refractivity contribution in [2.24, 2.45) is 0 Å². The average Bonchev–Trinajstić information content (AvgIpc) is 2.88. The van der Waals surface area contributed by atoms with Crippen molar-refractivity contribution < 1.29 is 13.2 Å². The largest absolute Gasteiger partial charge is 0.296 e. The van der Waals surface area contributed by atoms with Gasteiger partial charge in [0.15, 0.2) is 15.0 Å². The molecule has 3 rings (SSSR count). The molecule has 1 N–H and O–H groups in total. The van der Waals surface area contributed by atoms with Crippen molar-refractivity contribution in [3.8, 4) is 0 Å². The van der Waals surface area contributed by atoms with Crippen LogP contribution in [0.4, 0.5) is 5.13 Å². The third-order valence-electron chi connectivity index (χ3n) is 2.82. The number of aromatic nitrogens is 3. The van der Waals surface area contributed by atoms with Gasteiger partial charge >= 0.3 is 0 Å². The summed E-state index contributed by atoms with van der Waals surface area (Å²) in [6, 6.07) is 6.14. The molecule has 3 aromatic rings. The van der Waals surface area contributed by atoms with Crippen molar-refractivity contribution in [3.05, 3.63) is 42.5 Å². The van der Waals surface area contributed by atoms with Gasteiger partial charge in [-0.1, -0.05) is 11.3 Å². The van der Waals surface area contributed by atoms with Crippen molar-refractivity contribution in [2.45, 2.75) is 4.90 Å². The fourth-order valence-corrected chi connectivity index (χ4v) is 3.40. The van der Waals surface area contributed by atoms with Gasteiger partial charge in [-0.25, -0.2) is 23.4 Å². The normalized spacial score (nSPS) is 11.5. The van der Waals surface area contributed by atoms with Crippen LogP contribution in [0.2, 0.25) is 0 Å². The second kappa shape index (κ2) is 5.43. The predicted molar refractivity (Wildman–Crippen MR) is 82.7 cm³/mol. The quantitative estimate of drug-likeness (QED) is 0.783. The first-order valence-electron chi connectivity index (χ1n) is 6.11. The number of amides is 1. The fourth-order valence-electron chi connectivity index (χ4n) is 1.78. The van der Waals surface area contributed by atoms with Gasteiger partial charge in [0.05, 0.1) is 15.1 Å². The van der Waals surface area contributed by atoms with Gasteiger partial charge in [0.1, 0.15) is 12.0 Å². The van der Waals surface area contributed by atoms with Crippen LogP contribution in [-0.4, -0.2) is 35.5 Å². The molecular weight excluding hydrogens is 324 g/mol. The summed E-state index contributed by atoms with van der Waals surface area (Å²) in [5, 5.41) is 3.01. The van der Waals surface area contributed by atoms with E-state index in [1.807, 2.05) is 0 Å². The van der Waals surface area contributed by atoms with E-state index in [0.29, 0.717) is 15.3 Å². The Labute approximate surface area is 130 Å². The molecule has 7 nitrogen and oxygen atoms in total. The third kappa shape index (κ3) is 2.95. The Bertz CT molecular complexity index is 952. The summed E-state index contributed by atoms with van der Waals surface area (Å²) in [4.78, 5) is 24.0. The minimum atomic E-state index is -3.28. The molecular formula is C13H10N4O3S2. The first-order valence-corrected chi connectivity index (χ1v) is 8.82. The van der Waals surface area contributed by atoms with Crippen molar-refractivity contribution >= 4 is 42.4 Å². The molecule has 0 spiro atoms. The van der Waals surface area contributed by atoms with Gasteiger partial charge in [-0.05, 0) is 24.3 Å². The SMILES string of the molecule is CS(=O)(=O)c1ccc2nc(NC(=O)c3ccncn3)sc2c1. The van der Waals surface area contributed by atoms with Gasteiger partial charge in [-0.15, -0.1) is 0 Å². The van der Waals surface area contributed by atoms with E-state index in [2.05, 4.69) is 20.3 Å². The molecule has 0 aliphatic rings. The Hall–Kier alpha value is -2.39. The molecule has 0 bridgehead atoms. The van der Waals surface area contributed by atoms with Crippen molar-refractivity contribution in [1.29, 1.82) is 0 Å². The lowest BCUT2D eigenvalue weighted by atomic mass is 10.3. The fraction of sp³-hybridized carbons (Fsp3) is 0.0769. The van der Waals surface area contributed by atoms with Crippen LogP contribution < -0.4 is 5.32 Å². The molecule has 0 radical (unpaired) electrons. The Morgan fingerprint density at radius 2 is 2.09 bits per heavy atom. The van der Waals surface area contributed by atoms with E-state index >= 15 is 0 Å². The molecule has 2 aromatic heterocycles. The maximum Gasteiger partial charge on any atom is 0.276 e. The number of sulfone groups is 1. The molecule has 2 heterocycles. The van der Waals surface area contributed by atoms with E-state index in [0.717, 1.165) is 6.26 Å². The van der Waals surface area contributed by atoms with Gasteiger partial charge in [0.25, 0.3) is 5.91 Å². The highest BCUT2D eigenvalue weighted by molar-refractivity contribution is 7.90. The number of carbonyl (C=O) groups excluding carboxylic acids is 1. The maximum atomic E-state index is 12.0. The summed E-state index contributed by atoms with van der Waals surface area (Å²) >= 11 is 1.20. The molecule has 1 aromatic carbocycles. The van der Waals surface area contributed by atoms with Crippen molar-refractivity contribution in [1.82, 2.24) is 15.0 Å². The summed E-state index contributed by atoms with van der Waals surface area (Å²) in [5.41, 5.74) is 0.849. The van der Waals surface area contributed by atoms with Crippen LogP contribution in [0.3, 0.4) is 0 Å². The van der Waals surface area contributed by atoms with E-state index in [4.69, 9.17) is 0 Å². The molecule has 0 fully saturated rings. The summed E-state index contributed by atoms with van der Waals surface area (Å²) in [5.74, 6) is -0.398. The average molecular weight is 334 g/mol. The molecule has 22 heavy (non-hydrogen) atoms. The molecule has 0 saturated carbocycles.